The van der Waals surface area contributed by atoms with Gasteiger partial charge in [-0.25, -0.2) is 24.0 Å². The van der Waals surface area contributed by atoms with Gasteiger partial charge < -0.3 is 14.6 Å². The summed E-state index contributed by atoms with van der Waals surface area (Å²) < 4.78 is 52.3. The normalized spacial score (nSPS) is 12.1. The molecule has 35 heavy (non-hydrogen) atoms. The molecule has 0 aliphatic carbocycles. The maximum Gasteiger partial charge on any atom is 0.335 e. The molecule has 0 aliphatic rings. The molecule has 1 heterocycles. The van der Waals surface area contributed by atoms with Gasteiger partial charge in [-0.3, -0.25) is 9.63 Å². The van der Waals surface area contributed by atoms with Gasteiger partial charge in [-0.05, 0) is 29.8 Å². The Kier molecular flexibility index (Phi) is 6.58. The van der Waals surface area contributed by atoms with Crippen LogP contribution in [0.4, 0.5) is 20.2 Å². The number of fused-ring (bicyclic) bond motifs is 1. The van der Waals surface area contributed by atoms with Crippen molar-refractivity contribution in [2.24, 2.45) is 7.05 Å². The minimum Gasteiger partial charge on any atom is -0.459 e. The molecule has 11 heteroatoms. The number of rotatable bonds is 8. The molecule has 0 aliphatic heterocycles. The predicted octanol–water partition coefficient (Wildman–Crippen LogP) is 4.76. The van der Waals surface area contributed by atoms with Crippen LogP contribution >= 0.6 is 15.9 Å². The number of hydrogen-bond acceptors (Lipinski definition) is 6. The molecule has 0 saturated carbocycles. The molecule has 1 aromatic heterocycles. The van der Waals surface area contributed by atoms with E-state index in [1.54, 1.807) is 37.4 Å². The summed E-state index contributed by atoms with van der Waals surface area (Å²) in [5.41, 5.74) is 1.67. The topological polar surface area (TPSA) is 94.5 Å². The van der Waals surface area contributed by atoms with Crippen LogP contribution in [0.2, 0.25) is 0 Å². The summed E-state index contributed by atoms with van der Waals surface area (Å²) in [6.07, 6.45) is 1.33. The number of hydroxylamine groups is 1. The van der Waals surface area contributed by atoms with Crippen molar-refractivity contribution in [1.82, 2.24) is 15.0 Å². The van der Waals surface area contributed by atoms with Crippen molar-refractivity contribution in [1.29, 1.82) is 0 Å². The van der Waals surface area contributed by atoms with E-state index < -0.39 is 35.8 Å². The van der Waals surface area contributed by atoms with Gasteiger partial charge in [0.25, 0.3) is 5.91 Å². The molecule has 180 valence electrons. The number of esters is 1. The van der Waals surface area contributed by atoms with Gasteiger partial charge in [0.05, 0.1) is 31.5 Å². The number of nitrogens with zero attached hydrogens (tertiary/aromatic N) is 2. The predicted molar refractivity (Wildman–Crippen MR) is 128 cm³/mol. The zero-order chi connectivity index (χ0) is 26.7. The minimum absolute atomic E-state index is 0.0835. The average Bonchev–Trinajstić information content (AvgIpc) is 3.25. The second kappa shape index (κ2) is 10.6. The SMILES string of the molecule is [2H]C([2H])(ONC(=O)c1cc2c(ncn2C)c(F)c1Nc1ccc(Br)cc1F)C(=O)OCc1ccccc1. The molecule has 0 saturated heterocycles. The van der Waals surface area contributed by atoms with E-state index >= 15 is 4.39 Å². The zero-order valence-electron chi connectivity index (χ0n) is 20.1. The summed E-state index contributed by atoms with van der Waals surface area (Å²) >= 11 is 3.14. The lowest BCUT2D eigenvalue weighted by Gasteiger charge is -2.15. The Morgan fingerprint density at radius 2 is 1.94 bits per heavy atom. The van der Waals surface area contributed by atoms with Gasteiger partial charge in [-0.2, -0.15) is 0 Å². The Balaban J connectivity index is 1.57. The number of benzene rings is 3. The lowest BCUT2D eigenvalue weighted by Crippen LogP contribution is -2.28. The highest BCUT2D eigenvalue weighted by molar-refractivity contribution is 9.10. The second-order valence-corrected chi connectivity index (χ2v) is 8.20. The monoisotopic (exact) mass is 546 g/mol. The number of amides is 1. The van der Waals surface area contributed by atoms with Crippen LogP contribution in [0.15, 0.2) is 65.4 Å². The number of hydrogen-bond donors (Lipinski definition) is 2. The Bertz CT molecular complexity index is 1480. The fourth-order valence-corrected chi connectivity index (χ4v) is 3.51. The Hall–Kier alpha value is -3.83. The van der Waals surface area contributed by atoms with Crippen molar-refractivity contribution in [2.45, 2.75) is 6.61 Å². The summed E-state index contributed by atoms with van der Waals surface area (Å²) in [4.78, 5) is 33.9. The largest absolute Gasteiger partial charge is 0.459 e. The quantitative estimate of drug-likeness (QED) is 0.244. The number of imidazole rings is 1. The van der Waals surface area contributed by atoms with E-state index in [9.17, 15) is 14.0 Å². The Morgan fingerprint density at radius 3 is 2.69 bits per heavy atom. The van der Waals surface area contributed by atoms with Crippen LogP contribution in [0, 0.1) is 11.6 Å². The van der Waals surface area contributed by atoms with Crippen LogP contribution in [0.1, 0.15) is 18.7 Å². The highest BCUT2D eigenvalue weighted by Gasteiger charge is 2.23. The van der Waals surface area contributed by atoms with E-state index in [2.05, 4.69) is 26.2 Å². The van der Waals surface area contributed by atoms with Gasteiger partial charge in [0.1, 0.15) is 17.9 Å². The van der Waals surface area contributed by atoms with Crippen LogP contribution in [0.5, 0.6) is 0 Å². The number of aromatic nitrogens is 2. The molecule has 4 aromatic rings. The number of nitrogens with one attached hydrogen (secondary N) is 2. The van der Waals surface area contributed by atoms with Crippen LogP contribution in [-0.2, 0) is 28.0 Å². The third-order valence-electron chi connectivity index (χ3n) is 4.89. The van der Waals surface area contributed by atoms with Gasteiger partial charge in [0.15, 0.2) is 12.4 Å². The highest BCUT2D eigenvalue weighted by atomic mass is 79.9. The van der Waals surface area contributed by atoms with E-state index in [0.717, 1.165) is 6.07 Å². The van der Waals surface area contributed by atoms with Crippen molar-refractivity contribution in [3.8, 4) is 0 Å². The van der Waals surface area contributed by atoms with Crippen molar-refractivity contribution in [3.63, 3.8) is 0 Å². The highest BCUT2D eigenvalue weighted by Crippen LogP contribution is 2.32. The summed E-state index contributed by atoms with van der Waals surface area (Å²) in [5, 5.41) is 2.56. The van der Waals surface area contributed by atoms with Gasteiger partial charge in [-0.15, -0.1) is 0 Å². The lowest BCUT2D eigenvalue weighted by atomic mass is 10.1. The molecule has 4 rings (SSSR count). The van der Waals surface area contributed by atoms with Crippen LogP contribution in [0.3, 0.4) is 0 Å². The van der Waals surface area contributed by atoms with E-state index in [-0.39, 0.29) is 28.9 Å². The third kappa shape index (κ3) is 5.64. The molecule has 0 unspecified atom stereocenters. The van der Waals surface area contributed by atoms with E-state index in [1.165, 1.54) is 29.1 Å². The Labute approximate surface area is 209 Å². The number of carbonyl (C=O) groups excluding carboxylic acids is 2. The Morgan fingerprint density at radius 1 is 1.17 bits per heavy atom. The van der Waals surface area contributed by atoms with Crippen LogP contribution in [-0.4, -0.2) is 28.0 Å². The molecule has 0 fully saturated rings. The third-order valence-corrected chi connectivity index (χ3v) is 5.38. The average molecular weight is 547 g/mol. The lowest BCUT2D eigenvalue weighted by molar-refractivity contribution is -0.152. The van der Waals surface area contributed by atoms with Crippen LogP contribution in [0.25, 0.3) is 11.0 Å². The number of aryl methyl sites for hydroxylation is 1. The molecule has 0 spiro atoms. The number of halogens is 3. The standard InChI is InChI=1S/C24H19BrF2N4O4/c1-31-13-28-23-19(31)10-16(22(21(23)27)29-18-8-7-15(25)9-17(18)26)24(33)30-35-12-20(32)34-11-14-5-3-2-4-6-14/h2-10,13,29H,11-12H2,1H3,(H,30,33)/i12D2. The number of ether oxygens (including phenoxy) is 1. The molecule has 0 bridgehead atoms. The molecule has 2 N–H and O–H groups in total. The molecular formula is C24H19BrF2N4O4. The van der Waals surface area contributed by atoms with Crippen molar-refractivity contribution in [3.05, 3.63) is 88.2 Å². The van der Waals surface area contributed by atoms with Crippen molar-refractivity contribution in [2.75, 3.05) is 11.9 Å². The first-order chi connectivity index (χ1) is 17.6. The molecule has 3 aromatic carbocycles. The smallest absolute Gasteiger partial charge is 0.335 e. The fourth-order valence-electron chi connectivity index (χ4n) is 3.17. The van der Waals surface area contributed by atoms with Gasteiger partial charge in [0.2, 0.25) is 0 Å². The van der Waals surface area contributed by atoms with Crippen molar-refractivity contribution < 1.29 is 30.7 Å². The fraction of sp³-hybridized carbons (Fsp3) is 0.125. The summed E-state index contributed by atoms with van der Waals surface area (Å²) in [7, 11) is 1.58. The first-order valence-corrected chi connectivity index (χ1v) is 10.9. The first kappa shape index (κ1) is 21.7. The molecular weight excluding hydrogens is 526 g/mol. The molecule has 8 nitrogen and oxygen atoms in total. The first-order valence-electron chi connectivity index (χ1n) is 11.1. The van der Waals surface area contributed by atoms with E-state index in [4.69, 9.17) is 12.3 Å². The maximum absolute atomic E-state index is 15.4. The van der Waals surface area contributed by atoms with E-state index in [0.29, 0.717) is 10.0 Å². The van der Waals surface area contributed by atoms with Gasteiger partial charge >= 0.3 is 5.97 Å². The maximum atomic E-state index is 15.4. The number of carbonyl (C=O) groups is 2. The zero-order valence-corrected chi connectivity index (χ0v) is 19.7. The van der Waals surface area contributed by atoms with Gasteiger partial charge in [0, 0.05) is 11.5 Å². The van der Waals surface area contributed by atoms with Crippen molar-refractivity contribution >= 4 is 50.2 Å². The number of anilines is 2. The second-order valence-electron chi connectivity index (χ2n) is 7.28. The summed E-state index contributed by atoms with van der Waals surface area (Å²) in [5.74, 6) is -4.17. The van der Waals surface area contributed by atoms with E-state index in [1.807, 2.05) is 5.48 Å². The summed E-state index contributed by atoms with van der Waals surface area (Å²) in [6, 6.07) is 13.8. The minimum atomic E-state index is -3.06. The molecule has 0 radical (unpaired) electrons. The van der Waals surface area contributed by atoms with Gasteiger partial charge in [-0.1, -0.05) is 46.3 Å². The molecule has 0 atom stereocenters. The molecule has 1 amide bonds. The summed E-state index contributed by atoms with van der Waals surface area (Å²) in [6.45, 7) is -3.28. The van der Waals surface area contributed by atoms with Crippen LogP contribution < -0.4 is 10.8 Å².